The van der Waals surface area contributed by atoms with Gasteiger partial charge in [-0.3, -0.25) is 0 Å². The third kappa shape index (κ3) is 3.96. The molecule has 0 aliphatic heterocycles. The first-order valence-electron chi connectivity index (χ1n) is 6.09. The highest BCUT2D eigenvalue weighted by atomic mass is 79.9. The Balaban J connectivity index is 1.99. The first-order chi connectivity index (χ1) is 9.19. The van der Waals surface area contributed by atoms with Crippen molar-refractivity contribution < 1.29 is 9.13 Å². The molecule has 0 atom stereocenters. The number of hydrogen-bond acceptors (Lipinski definition) is 2. The molecule has 0 saturated heterocycles. The summed E-state index contributed by atoms with van der Waals surface area (Å²) in [6.45, 7) is 3.28. The summed E-state index contributed by atoms with van der Waals surface area (Å²) in [7, 11) is 0. The maximum Gasteiger partial charge on any atom is 0.133 e. The van der Waals surface area contributed by atoms with E-state index < -0.39 is 0 Å². The molecule has 0 aromatic heterocycles. The molecule has 2 aromatic carbocycles. The highest BCUT2D eigenvalue weighted by Gasteiger charge is 2.02. The molecule has 1 N–H and O–H groups in total. The van der Waals surface area contributed by atoms with Crippen molar-refractivity contribution in [1.82, 2.24) is 0 Å². The van der Waals surface area contributed by atoms with Gasteiger partial charge < -0.3 is 10.1 Å². The minimum atomic E-state index is -0.227. The average Bonchev–Trinajstić information content (AvgIpc) is 2.41. The number of ether oxygens (including phenoxy) is 1. The Morgan fingerprint density at radius 1 is 1.16 bits per heavy atom. The molecule has 19 heavy (non-hydrogen) atoms. The van der Waals surface area contributed by atoms with Crippen molar-refractivity contribution in [1.29, 1.82) is 0 Å². The van der Waals surface area contributed by atoms with Gasteiger partial charge in [-0.25, -0.2) is 4.39 Å². The van der Waals surface area contributed by atoms with Crippen LogP contribution in [0.5, 0.6) is 5.75 Å². The molecule has 4 heteroatoms. The van der Waals surface area contributed by atoms with E-state index in [2.05, 4.69) is 21.2 Å². The van der Waals surface area contributed by atoms with Gasteiger partial charge in [0.05, 0.1) is 11.1 Å². The van der Waals surface area contributed by atoms with Crippen molar-refractivity contribution in [3.63, 3.8) is 0 Å². The fourth-order valence-corrected chi connectivity index (χ4v) is 2.24. The average molecular weight is 324 g/mol. The van der Waals surface area contributed by atoms with Crippen LogP contribution in [0.1, 0.15) is 12.5 Å². The molecular weight excluding hydrogens is 309 g/mol. The lowest BCUT2D eigenvalue weighted by Crippen LogP contribution is -2.00. The van der Waals surface area contributed by atoms with Crippen molar-refractivity contribution >= 4 is 21.6 Å². The fraction of sp³-hybridized carbons (Fsp3) is 0.200. The van der Waals surface area contributed by atoms with E-state index in [0.717, 1.165) is 21.5 Å². The number of halogens is 2. The van der Waals surface area contributed by atoms with Crippen LogP contribution in [0.15, 0.2) is 46.9 Å². The van der Waals surface area contributed by atoms with Crippen LogP contribution in [0.2, 0.25) is 0 Å². The largest absolute Gasteiger partial charge is 0.493 e. The molecule has 2 aromatic rings. The van der Waals surface area contributed by atoms with Crippen molar-refractivity contribution in [2.75, 3.05) is 11.9 Å². The fourth-order valence-electron chi connectivity index (χ4n) is 1.70. The van der Waals surface area contributed by atoms with E-state index in [1.54, 1.807) is 12.1 Å². The molecule has 0 saturated carbocycles. The van der Waals surface area contributed by atoms with Crippen LogP contribution in [-0.2, 0) is 6.54 Å². The van der Waals surface area contributed by atoms with Crippen molar-refractivity contribution in [2.45, 2.75) is 13.5 Å². The predicted octanol–water partition coefficient (Wildman–Crippen LogP) is 4.60. The van der Waals surface area contributed by atoms with Gasteiger partial charge in [0.15, 0.2) is 0 Å². The zero-order valence-electron chi connectivity index (χ0n) is 10.6. The van der Waals surface area contributed by atoms with E-state index in [1.165, 1.54) is 12.1 Å². The quantitative estimate of drug-likeness (QED) is 0.868. The zero-order valence-corrected chi connectivity index (χ0v) is 12.2. The van der Waals surface area contributed by atoms with Gasteiger partial charge in [-0.1, -0.05) is 6.07 Å². The van der Waals surface area contributed by atoms with Crippen LogP contribution in [0, 0.1) is 5.82 Å². The Kier molecular flexibility index (Phi) is 4.80. The Hall–Kier alpha value is -1.55. The van der Waals surface area contributed by atoms with E-state index in [1.807, 2.05) is 25.1 Å². The molecule has 0 bridgehead atoms. The van der Waals surface area contributed by atoms with Crippen LogP contribution < -0.4 is 10.1 Å². The van der Waals surface area contributed by atoms with Gasteiger partial charge in [-0.15, -0.1) is 0 Å². The summed E-state index contributed by atoms with van der Waals surface area (Å²) in [5.41, 5.74) is 2.02. The first kappa shape index (κ1) is 13.9. The second-order valence-electron chi connectivity index (χ2n) is 4.06. The minimum absolute atomic E-state index is 0.227. The second kappa shape index (κ2) is 6.57. The van der Waals surface area contributed by atoms with E-state index >= 15 is 0 Å². The molecule has 0 spiro atoms. The standard InChI is InChI=1S/C15H15BrFNO/c1-2-19-15-8-3-11(9-14(15)16)10-18-13-6-4-12(17)5-7-13/h3-9,18H,2,10H2,1H3. The molecular formula is C15H15BrFNO. The molecule has 0 radical (unpaired) electrons. The molecule has 2 rings (SSSR count). The van der Waals surface area contributed by atoms with Crippen LogP contribution >= 0.6 is 15.9 Å². The highest BCUT2D eigenvalue weighted by Crippen LogP contribution is 2.26. The third-order valence-electron chi connectivity index (χ3n) is 2.64. The summed E-state index contributed by atoms with van der Waals surface area (Å²) < 4.78 is 19.2. The molecule has 0 heterocycles. The molecule has 0 fully saturated rings. The van der Waals surface area contributed by atoms with E-state index in [4.69, 9.17) is 4.74 Å². The lowest BCUT2D eigenvalue weighted by atomic mass is 10.2. The first-order valence-corrected chi connectivity index (χ1v) is 6.89. The summed E-state index contributed by atoms with van der Waals surface area (Å²) in [5.74, 6) is 0.613. The Labute approximate surface area is 120 Å². The van der Waals surface area contributed by atoms with Gasteiger partial charge in [-0.05, 0) is 64.8 Å². The Bertz CT molecular complexity index is 542. The van der Waals surface area contributed by atoms with Gasteiger partial charge in [0.2, 0.25) is 0 Å². The molecule has 100 valence electrons. The summed E-state index contributed by atoms with van der Waals surface area (Å²) in [6.07, 6.45) is 0. The van der Waals surface area contributed by atoms with Crippen LogP contribution in [0.3, 0.4) is 0 Å². The number of benzene rings is 2. The maximum absolute atomic E-state index is 12.8. The second-order valence-corrected chi connectivity index (χ2v) is 4.91. The Morgan fingerprint density at radius 3 is 2.53 bits per heavy atom. The van der Waals surface area contributed by atoms with Gasteiger partial charge in [-0.2, -0.15) is 0 Å². The number of anilines is 1. The summed E-state index contributed by atoms with van der Waals surface area (Å²) >= 11 is 3.48. The summed E-state index contributed by atoms with van der Waals surface area (Å²) in [5, 5.41) is 3.24. The van der Waals surface area contributed by atoms with E-state index in [-0.39, 0.29) is 5.82 Å². The van der Waals surface area contributed by atoms with Crippen molar-refractivity contribution in [3.05, 3.63) is 58.3 Å². The SMILES string of the molecule is CCOc1ccc(CNc2ccc(F)cc2)cc1Br. The summed E-state index contributed by atoms with van der Waals surface area (Å²) in [4.78, 5) is 0. The smallest absolute Gasteiger partial charge is 0.133 e. The number of rotatable bonds is 5. The van der Waals surface area contributed by atoms with Crippen LogP contribution in [-0.4, -0.2) is 6.61 Å². The predicted molar refractivity (Wildman–Crippen MR) is 79.0 cm³/mol. The minimum Gasteiger partial charge on any atom is -0.493 e. The van der Waals surface area contributed by atoms with Gasteiger partial charge in [0.25, 0.3) is 0 Å². The van der Waals surface area contributed by atoms with Gasteiger partial charge >= 0.3 is 0 Å². The molecule has 0 amide bonds. The van der Waals surface area contributed by atoms with E-state index in [0.29, 0.717) is 13.2 Å². The monoisotopic (exact) mass is 323 g/mol. The maximum atomic E-state index is 12.8. The lowest BCUT2D eigenvalue weighted by Gasteiger charge is -2.10. The summed E-state index contributed by atoms with van der Waals surface area (Å²) in [6, 6.07) is 12.3. The highest BCUT2D eigenvalue weighted by molar-refractivity contribution is 9.10. The van der Waals surface area contributed by atoms with Crippen molar-refractivity contribution in [2.24, 2.45) is 0 Å². The molecule has 2 nitrogen and oxygen atoms in total. The molecule has 0 unspecified atom stereocenters. The lowest BCUT2D eigenvalue weighted by molar-refractivity contribution is 0.338. The van der Waals surface area contributed by atoms with Gasteiger partial charge in [0.1, 0.15) is 11.6 Å². The van der Waals surface area contributed by atoms with E-state index in [9.17, 15) is 4.39 Å². The normalized spacial score (nSPS) is 10.3. The molecule has 0 aliphatic carbocycles. The number of nitrogens with one attached hydrogen (secondary N) is 1. The van der Waals surface area contributed by atoms with Crippen molar-refractivity contribution in [3.8, 4) is 5.75 Å². The molecule has 0 aliphatic rings. The van der Waals surface area contributed by atoms with Crippen LogP contribution in [0.25, 0.3) is 0 Å². The number of hydrogen-bond donors (Lipinski definition) is 1. The van der Waals surface area contributed by atoms with Gasteiger partial charge in [0, 0.05) is 12.2 Å². The third-order valence-corrected chi connectivity index (χ3v) is 3.26. The van der Waals surface area contributed by atoms with Crippen LogP contribution in [0.4, 0.5) is 10.1 Å². The Morgan fingerprint density at radius 2 is 1.89 bits per heavy atom. The topological polar surface area (TPSA) is 21.3 Å². The zero-order chi connectivity index (χ0) is 13.7.